The van der Waals surface area contributed by atoms with Gasteiger partial charge in [0.1, 0.15) is 12.4 Å². The van der Waals surface area contributed by atoms with Gasteiger partial charge in [0, 0.05) is 11.8 Å². The Balaban J connectivity index is 2.94. The number of aliphatic imine (C=N–C) groups is 1. The van der Waals surface area contributed by atoms with Gasteiger partial charge in [0.05, 0.1) is 38.2 Å². The summed E-state index contributed by atoms with van der Waals surface area (Å²) in [4.78, 5) is 31.1. The summed E-state index contributed by atoms with van der Waals surface area (Å²) in [5.41, 5.74) is 1.87. The number of nitrogens with one attached hydrogen (secondary N) is 1. The molecule has 1 aromatic heterocycles. The molecule has 0 aliphatic carbocycles. The molecule has 28 heavy (non-hydrogen) atoms. The van der Waals surface area contributed by atoms with Gasteiger partial charge in [0.25, 0.3) is 0 Å². The zero-order chi connectivity index (χ0) is 20.8. The van der Waals surface area contributed by atoms with Crippen LogP contribution >= 0.6 is 0 Å². The van der Waals surface area contributed by atoms with Gasteiger partial charge in [0.15, 0.2) is 5.78 Å². The van der Waals surface area contributed by atoms with Crippen molar-refractivity contribution >= 4 is 18.0 Å². The summed E-state index contributed by atoms with van der Waals surface area (Å²) >= 11 is 0. The first-order valence-corrected chi connectivity index (χ1v) is 8.37. The first-order valence-electron chi connectivity index (χ1n) is 8.37. The first-order chi connectivity index (χ1) is 13.4. The van der Waals surface area contributed by atoms with Gasteiger partial charge in [0.2, 0.25) is 0 Å². The number of aliphatic hydroxyl groups excluding tert-OH is 4. The van der Waals surface area contributed by atoms with Gasteiger partial charge < -0.3 is 30.1 Å². The summed E-state index contributed by atoms with van der Waals surface area (Å²) in [6.45, 7) is -0.503. The third-order valence-corrected chi connectivity index (χ3v) is 4.36. The molecule has 0 unspecified atom stereocenters. The molecule has 0 spiro atoms. The van der Waals surface area contributed by atoms with Crippen LogP contribution in [0, 0.1) is 0 Å². The fourth-order valence-corrected chi connectivity index (χ4v) is 3.14. The van der Waals surface area contributed by atoms with Crippen LogP contribution in [0.1, 0.15) is 50.2 Å². The molecule has 150 valence electrons. The van der Waals surface area contributed by atoms with Crippen LogP contribution in [0.3, 0.4) is 0 Å². The number of aromatic amines is 1. The van der Waals surface area contributed by atoms with Crippen LogP contribution < -0.4 is 0 Å². The van der Waals surface area contributed by atoms with E-state index in [0.29, 0.717) is 22.3 Å². The Kier molecular flexibility index (Phi) is 7.18. The van der Waals surface area contributed by atoms with Crippen molar-refractivity contribution in [3.05, 3.63) is 45.8 Å². The van der Waals surface area contributed by atoms with E-state index < -0.39 is 31.7 Å². The number of esters is 1. The number of aromatic nitrogens is 1. The van der Waals surface area contributed by atoms with Gasteiger partial charge >= 0.3 is 5.97 Å². The SMILES string of the molecule is COC(=O)c1[nH]c(C=NCO)c(-c2ccc(CO)c(CO)c2CO)c1C(C)=O. The Hall–Kier alpha value is -2.85. The molecular weight excluding hydrogens is 368 g/mol. The average molecular weight is 390 g/mol. The van der Waals surface area contributed by atoms with Crippen LogP contribution in [0.4, 0.5) is 0 Å². The van der Waals surface area contributed by atoms with Gasteiger partial charge in [-0.15, -0.1) is 0 Å². The van der Waals surface area contributed by atoms with Gasteiger partial charge in [-0.1, -0.05) is 12.1 Å². The van der Waals surface area contributed by atoms with Crippen molar-refractivity contribution in [3.63, 3.8) is 0 Å². The fraction of sp³-hybridized carbons (Fsp3) is 0.316. The molecule has 0 bridgehead atoms. The third kappa shape index (κ3) is 3.87. The number of ketones is 1. The number of hydrogen-bond acceptors (Lipinski definition) is 8. The van der Waals surface area contributed by atoms with Crippen LogP contribution in [0.25, 0.3) is 11.1 Å². The van der Waals surface area contributed by atoms with Crippen molar-refractivity contribution in [1.82, 2.24) is 4.98 Å². The highest BCUT2D eigenvalue weighted by Gasteiger charge is 2.28. The molecule has 0 atom stereocenters. The Morgan fingerprint density at radius 3 is 2.29 bits per heavy atom. The van der Waals surface area contributed by atoms with E-state index in [1.165, 1.54) is 20.2 Å². The molecular formula is C19H22N2O7. The Labute approximate surface area is 160 Å². The van der Waals surface area contributed by atoms with Crippen LogP contribution in [-0.2, 0) is 24.6 Å². The zero-order valence-electron chi connectivity index (χ0n) is 15.5. The number of aliphatic hydroxyl groups is 4. The molecule has 0 aliphatic heterocycles. The number of Topliss-reactive ketones (excluding diaryl/α,β-unsaturated/α-hetero) is 1. The number of ether oxygens (including phenoxy) is 1. The van der Waals surface area contributed by atoms with E-state index in [-0.39, 0.29) is 29.1 Å². The molecule has 1 aromatic carbocycles. The number of H-pyrrole nitrogens is 1. The Morgan fingerprint density at radius 1 is 1.11 bits per heavy atom. The summed E-state index contributed by atoms with van der Waals surface area (Å²) in [5.74, 6) is -1.20. The van der Waals surface area contributed by atoms with E-state index in [2.05, 4.69) is 9.98 Å². The molecule has 2 aromatic rings. The van der Waals surface area contributed by atoms with Crippen LogP contribution in [-0.4, -0.2) is 57.2 Å². The molecule has 5 N–H and O–H groups in total. The summed E-state index contributed by atoms with van der Waals surface area (Å²) < 4.78 is 4.74. The predicted octanol–water partition coefficient (Wildman–Crippen LogP) is 0.517. The van der Waals surface area contributed by atoms with E-state index in [4.69, 9.17) is 9.84 Å². The minimum atomic E-state index is -0.769. The van der Waals surface area contributed by atoms with Gasteiger partial charge in [-0.2, -0.15) is 0 Å². The second-order valence-corrected chi connectivity index (χ2v) is 5.87. The normalized spacial score (nSPS) is 11.2. The lowest BCUT2D eigenvalue weighted by molar-refractivity contribution is 0.0591. The molecule has 1 heterocycles. The molecule has 0 aliphatic rings. The smallest absolute Gasteiger partial charge is 0.355 e. The number of hydrogen-bond donors (Lipinski definition) is 5. The minimum absolute atomic E-state index is 0.0292. The summed E-state index contributed by atoms with van der Waals surface area (Å²) in [5, 5.41) is 38.1. The van der Waals surface area contributed by atoms with E-state index >= 15 is 0 Å². The summed E-state index contributed by atoms with van der Waals surface area (Å²) in [6.07, 6.45) is 1.26. The number of carbonyl (C=O) groups excluding carboxylic acids is 2. The highest BCUT2D eigenvalue weighted by Crippen LogP contribution is 2.36. The van der Waals surface area contributed by atoms with E-state index in [9.17, 15) is 24.9 Å². The number of methoxy groups -OCH3 is 1. The number of nitrogens with zero attached hydrogens (tertiary/aromatic N) is 1. The monoisotopic (exact) mass is 390 g/mol. The van der Waals surface area contributed by atoms with E-state index in [1.54, 1.807) is 12.1 Å². The largest absolute Gasteiger partial charge is 0.464 e. The van der Waals surface area contributed by atoms with Crippen molar-refractivity contribution in [3.8, 4) is 11.1 Å². The molecule has 9 nitrogen and oxygen atoms in total. The fourth-order valence-electron chi connectivity index (χ4n) is 3.14. The van der Waals surface area contributed by atoms with Gasteiger partial charge in [-0.05, 0) is 29.2 Å². The molecule has 9 heteroatoms. The lowest BCUT2D eigenvalue weighted by Crippen LogP contribution is -2.09. The van der Waals surface area contributed by atoms with Crippen LogP contribution in [0.15, 0.2) is 17.1 Å². The molecule has 0 amide bonds. The molecule has 0 saturated carbocycles. The highest BCUT2D eigenvalue weighted by molar-refractivity contribution is 6.13. The predicted molar refractivity (Wildman–Crippen MR) is 100 cm³/mol. The molecule has 0 fully saturated rings. The summed E-state index contributed by atoms with van der Waals surface area (Å²) in [7, 11) is 1.17. The maximum absolute atomic E-state index is 12.4. The Morgan fingerprint density at radius 2 is 1.79 bits per heavy atom. The summed E-state index contributed by atoms with van der Waals surface area (Å²) in [6, 6.07) is 3.13. The van der Waals surface area contributed by atoms with Gasteiger partial charge in [-0.3, -0.25) is 9.79 Å². The van der Waals surface area contributed by atoms with Crippen LogP contribution in [0.5, 0.6) is 0 Å². The number of rotatable bonds is 8. The minimum Gasteiger partial charge on any atom is -0.464 e. The first kappa shape index (κ1) is 21.5. The average Bonchev–Trinajstić information content (AvgIpc) is 3.09. The van der Waals surface area contributed by atoms with Crippen molar-refractivity contribution in [1.29, 1.82) is 0 Å². The van der Waals surface area contributed by atoms with Gasteiger partial charge in [-0.25, -0.2) is 4.79 Å². The molecule has 0 radical (unpaired) electrons. The second-order valence-electron chi connectivity index (χ2n) is 5.87. The number of carbonyl (C=O) groups is 2. The van der Waals surface area contributed by atoms with Crippen molar-refractivity contribution in [2.75, 3.05) is 13.8 Å². The maximum Gasteiger partial charge on any atom is 0.355 e. The van der Waals surface area contributed by atoms with E-state index in [1.807, 2.05) is 0 Å². The van der Waals surface area contributed by atoms with E-state index in [0.717, 1.165) is 0 Å². The van der Waals surface area contributed by atoms with Crippen molar-refractivity contribution in [2.24, 2.45) is 4.99 Å². The Bertz CT molecular complexity index is 915. The quantitative estimate of drug-likeness (QED) is 0.250. The lowest BCUT2D eigenvalue weighted by Gasteiger charge is -2.16. The standard InChI is InChI=1S/C19H22N2O7/c1-10(26)16-17(15(5-20-9-25)21-18(16)19(27)28-2)12-4-3-11(6-22)13(7-23)14(12)8-24/h3-5,21-25H,6-9H2,1-2H3. The molecule has 0 saturated heterocycles. The lowest BCUT2D eigenvalue weighted by atomic mass is 9.89. The molecule has 2 rings (SSSR count). The van der Waals surface area contributed by atoms with Crippen molar-refractivity contribution < 1.29 is 34.8 Å². The van der Waals surface area contributed by atoms with Crippen LogP contribution in [0.2, 0.25) is 0 Å². The highest BCUT2D eigenvalue weighted by atomic mass is 16.5. The third-order valence-electron chi connectivity index (χ3n) is 4.36. The maximum atomic E-state index is 12.4. The number of benzene rings is 1. The zero-order valence-corrected chi connectivity index (χ0v) is 15.5. The topological polar surface area (TPSA) is 152 Å². The second kappa shape index (κ2) is 9.38. The van der Waals surface area contributed by atoms with Crippen molar-refractivity contribution in [2.45, 2.75) is 26.7 Å².